The fourth-order valence-electron chi connectivity index (χ4n) is 2.34. The molecule has 134 valence electrons. The minimum Gasteiger partial charge on any atom is -0.478 e. The molecule has 0 aliphatic carbocycles. The summed E-state index contributed by atoms with van der Waals surface area (Å²) in [5.41, 5.74) is 1.45. The molecule has 1 aliphatic heterocycles. The molecule has 2 heterocycles. The highest BCUT2D eigenvalue weighted by atomic mass is 35.5. The van der Waals surface area contributed by atoms with E-state index in [4.69, 9.17) is 26.2 Å². The number of carboxylic acids is 2. The van der Waals surface area contributed by atoms with Gasteiger partial charge in [-0.3, -0.25) is 0 Å². The Hall–Kier alpha value is -2.58. The highest BCUT2D eigenvalue weighted by Gasteiger charge is 2.19. The van der Waals surface area contributed by atoms with Crippen LogP contribution in [0.15, 0.2) is 35.0 Å². The summed E-state index contributed by atoms with van der Waals surface area (Å²) in [6.45, 7) is 3.57. The van der Waals surface area contributed by atoms with Gasteiger partial charge >= 0.3 is 11.9 Å². The van der Waals surface area contributed by atoms with Crippen molar-refractivity contribution in [3.05, 3.63) is 41.4 Å². The molecule has 1 saturated heterocycles. The van der Waals surface area contributed by atoms with Crippen molar-refractivity contribution >= 4 is 40.2 Å². The van der Waals surface area contributed by atoms with E-state index in [9.17, 15) is 14.0 Å². The van der Waals surface area contributed by atoms with Crippen molar-refractivity contribution in [2.45, 2.75) is 0 Å². The zero-order valence-corrected chi connectivity index (χ0v) is 13.8. The van der Waals surface area contributed by atoms with Gasteiger partial charge in [0.1, 0.15) is 0 Å². The van der Waals surface area contributed by atoms with Crippen molar-refractivity contribution in [3.63, 3.8) is 0 Å². The minimum absolute atomic E-state index is 0.146. The van der Waals surface area contributed by atoms with Crippen molar-refractivity contribution in [2.24, 2.45) is 0 Å². The van der Waals surface area contributed by atoms with Crippen LogP contribution in [-0.4, -0.2) is 48.3 Å². The van der Waals surface area contributed by atoms with Crippen molar-refractivity contribution < 1.29 is 28.6 Å². The molecule has 0 bridgehead atoms. The molecule has 1 aliphatic rings. The number of nitrogens with zero attached hydrogens (tertiary/aromatic N) is 1. The molecule has 1 fully saturated rings. The number of hydrogen-bond acceptors (Lipinski definition) is 5. The van der Waals surface area contributed by atoms with E-state index in [-0.39, 0.29) is 5.02 Å². The molecule has 2 aromatic rings. The number of fused-ring (bicyclic) bond motifs is 1. The van der Waals surface area contributed by atoms with E-state index in [0.717, 1.165) is 31.9 Å². The number of aliphatic carboxylic acids is 2. The van der Waals surface area contributed by atoms with Crippen LogP contribution in [0.5, 0.6) is 0 Å². The van der Waals surface area contributed by atoms with Crippen molar-refractivity contribution in [3.8, 4) is 0 Å². The normalized spacial score (nSPS) is 14.4. The number of nitrogens with one attached hydrogen (secondary N) is 1. The lowest BCUT2D eigenvalue weighted by molar-refractivity contribution is -0.134. The summed E-state index contributed by atoms with van der Waals surface area (Å²) in [4.78, 5) is 21.3. The van der Waals surface area contributed by atoms with Crippen LogP contribution in [0.2, 0.25) is 5.02 Å². The number of hydrogen-bond donors (Lipinski definition) is 3. The van der Waals surface area contributed by atoms with Crippen LogP contribution in [0.4, 0.5) is 10.1 Å². The lowest BCUT2D eigenvalue weighted by atomic mass is 10.2. The zero-order valence-electron chi connectivity index (χ0n) is 13.0. The van der Waals surface area contributed by atoms with Gasteiger partial charge in [-0.25, -0.2) is 14.0 Å². The van der Waals surface area contributed by atoms with E-state index in [0.29, 0.717) is 23.1 Å². The van der Waals surface area contributed by atoms with Crippen LogP contribution in [0.1, 0.15) is 0 Å². The predicted molar refractivity (Wildman–Crippen MR) is 90.7 cm³/mol. The number of benzene rings is 1. The van der Waals surface area contributed by atoms with Gasteiger partial charge in [0.2, 0.25) is 0 Å². The standard InChI is InChI=1S/C12H12ClFN2O.C4H4O4/c13-9-7-10(16-4-2-15-3-5-16)12-8(11(9)14)1-6-17-12;5-3(6)1-2-4(7)8/h1,6-7,15H,2-5H2;1-2H,(H,5,6)(H,7,8). The minimum atomic E-state index is -1.26. The van der Waals surface area contributed by atoms with E-state index in [2.05, 4.69) is 10.2 Å². The average molecular weight is 371 g/mol. The van der Waals surface area contributed by atoms with Crippen LogP contribution in [0.25, 0.3) is 11.0 Å². The second-order valence-corrected chi connectivity index (χ2v) is 5.51. The number of carboxylic acid groups (broad SMARTS) is 2. The van der Waals surface area contributed by atoms with E-state index in [1.54, 1.807) is 12.1 Å². The smallest absolute Gasteiger partial charge is 0.328 e. The highest BCUT2D eigenvalue weighted by Crippen LogP contribution is 2.34. The molecule has 0 atom stereocenters. The van der Waals surface area contributed by atoms with E-state index >= 15 is 0 Å². The molecule has 9 heteroatoms. The summed E-state index contributed by atoms with van der Waals surface area (Å²) in [5, 5.41) is 19.5. The lowest BCUT2D eigenvalue weighted by Crippen LogP contribution is -2.43. The Labute approximate surface area is 147 Å². The maximum Gasteiger partial charge on any atom is 0.328 e. The second kappa shape index (κ2) is 8.50. The van der Waals surface area contributed by atoms with E-state index in [1.165, 1.54) is 6.26 Å². The average Bonchev–Trinajstić information content (AvgIpc) is 3.07. The van der Waals surface area contributed by atoms with Gasteiger partial charge < -0.3 is 24.8 Å². The zero-order chi connectivity index (χ0) is 18.4. The number of halogens is 2. The third kappa shape index (κ3) is 4.94. The molecule has 1 aromatic heterocycles. The number of rotatable bonds is 3. The van der Waals surface area contributed by atoms with Gasteiger partial charge in [0.05, 0.1) is 22.4 Å². The fraction of sp³-hybridized carbons (Fsp3) is 0.250. The van der Waals surface area contributed by atoms with Gasteiger partial charge in [0.15, 0.2) is 11.4 Å². The first-order valence-corrected chi connectivity index (χ1v) is 7.72. The molecule has 0 radical (unpaired) electrons. The topological polar surface area (TPSA) is 103 Å². The number of piperazine rings is 1. The molecular formula is C16H16ClFN2O5. The highest BCUT2D eigenvalue weighted by molar-refractivity contribution is 6.32. The van der Waals surface area contributed by atoms with Gasteiger partial charge in [0, 0.05) is 38.3 Å². The molecule has 25 heavy (non-hydrogen) atoms. The molecule has 0 unspecified atom stereocenters. The van der Waals surface area contributed by atoms with Crippen molar-refractivity contribution in [1.82, 2.24) is 5.32 Å². The summed E-state index contributed by atoms with van der Waals surface area (Å²) in [5.74, 6) is -2.92. The Morgan fingerprint density at radius 2 is 1.84 bits per heavy atom. The van der Waals surface area contributed by atoms with Gasteiger partial charge in [-0.2, -0.15) is 0 Å². The Morgan fingerprint density at radius 3 is 2.40 bits per heavy atom. The Morgan fingerprint density at radius 1 is 1.24 bits per heavy atom. The fourth-order valence-corrected chi connectivity index (χ4v) is 2.55. The summed E-state index contributed by atoms with van der Waals surface area (Å²) in [7, 11) is 0. The van der Waals surface area contributed by atoms with Crippen LogP contribution < -0.4 is 10.2 Å². The number of carbonyl (C=O) groups is 2. The van der Waals surface area contributed by atoms with Crippen molar-refractivity contribution in [2.75, 3.05) is 31.1 Å². The first kappa shape index (κ1) is 18.8. The lowest BCUT2D eigenvalue weighted by Gasteiger charge is -2.29. The molecule has 1 aromatic carbocycles. The van der Waals surface area contributed by atoms with Crippen LogP contribution in [0, 0.1) is 5.82 Å². The number of furan rings is 1. The van der Waals surface area contributed by atoms with Gasteiger partial charge in [0.25, 0.3) is 0 Å². The van der Waals surface area contributed by atoms with Crippen molar-refractivity contribution in [1.29, 1.82) is 0 Å². The predicted octanol–water partition coefficient (Wildman–Crippen LogP) is 2.35. The Kier molecular flexibility index (Phi) is 6.37. The molecule has 3 rings (SSSR count). The first-order chi connectivity index (χ1) is 11.9. The van der Waals surface area contributed by atoms with Gasteiger partial charge in [-0.05, 0) is 12.1 Å². The maximum absolute atomic E-state index is 13.8. The summed E-state index contributed by atoms with van der Waals surface area (Å²) >= 11 is 5.91. The van der Waals surface area contributed by atoms with Gasteiger partial charge in [-0.1, -0.05) is 11.6 Å². The molecular weight excluding hydrogens is 355 g/mol. The van der Waals surface area contributed by atoms with E-state index < -0.39 is 17.8 Å². The summed E-state index contributed by atoms with van der Waals surface area (Å²) < 4.78 is 19.1. The summed E-state index contributed by atoms with van der Waals surface area (Å²) in [6, 6.07) is 3.26. The summed E-state index contributed by atoms with van der Waals surface area (Å²) in [6.07, 6.45) is 2.61. The third-order valence-electron chi connectivity index (χ3n) is 3.43. The molecule has 0 amide bonds. The van der Waals surface area contributed by atoms with Crippen LogP contribution >= 0.6 is 11.6 Å². The third-order valence-corrected chi connectivity index (χ3v) is 3.71. The maximum atomic E-state index is 13.8. The first-order valence-electron chi connectivity index (χ1n) is 7.35. The van der Waals surface area contributed by atoms with E-state index in [1.807, 2.05) is 0 Å². The Bertz CT molecular complexity index is 783. The quantitative estimate of drug-likeness (QED) is 0.712. The molecule has 0 spiro atoms. The SMILES string of the molecule is Fc1c(Cl)cc(N2CCNCC2)c2occc12.O=C(O)C=CC(=O)O. The van der Waals surface area contributed by atoms with Crippen LogP contribution in [0.3, 0.4) is 0 Å². The van der Waals surface area contributed by atoms with Gasteiger partial charge in [-0.15, -0.1) is 0 Å². The Balaban J connectivity index is 0.000000242. The van der Waals surface area contributed by atoms with Crippen LogP contribution in [-0.2, 0) is 9.59 Å². The molecule has 0 saturated carbocycles. The monoisotopic (exact) mass is 370 g/mol. The molecule has 3 N–H and O–H groups in total. The molecule has 7 nitrogen and oxygen atoms in total. The largest absolute Gasteiger partial charge is 0.478 e. The second-order valence-electron chi connectivity index (χ2n) is 5.10. The number of anilines is 1.